The summed E-state index contributed by atoms with van der Waals surface area (Å²) in [5.41, 5.74) is 0. The minimum Gasteiger partial charge on any atom is -0.479 e. The number of rotatable bonds is 5. The number of ether oxygens (including phenoxy) is 1. The smallest absolute Gasteiger partial charge is 0.332 e. The Balaban J connectivity index is 2.45. The zero-order valence-corrected chi connectivity index (χ0v) is 11.1. The van der Waals surface area contributed by atoms with Crippen LogP contribution in [-0.2, 0) is 24.2 Å². The van der Waals surface area contributed by atoms with Crippen LogP contribution in [-0.4, -0.2) is 67.6 Å². The van der Waals surface area contributed by atoms with E-state index in [1.165, 1.54) is 18.9 Å². The van der Waals surface area contributed by atoms with Gasteiger partial charge in [0.25, 0.3) is 0 Å². The number of amides is 1. The van der Waals surface area contributed by atoms with Gasteiger partial charge in [0.1, 0.15) is 6.61 Å². The standard InChI is InChI=1S/C10H17NO6S/c1-7(10(13)14)17-5-9(12)11(2)8-3-4-18(15,16)6-8/h7-8H,3-6H2,1-2H3,(H,13,14)/t7-,8?/m1/s1. The Morgan fingerprint density at radius 3 is 2.56 bits per heavy atom. The van der Waals surface area contributed by atoms with Gasteiger partial charge in [-0.1, -0.05) is 0 Å². The van der Waals surface area contributed by atoms with Gasteiger partial charge in [-0.3, -0.25) is 4.79 Å². The molecule has 1 unspecified atom stereocenters. The fourth-order valence-electron chi connectivity index (χ4n) is 1.65. The van der Waals surface area contributed by atoms with Gasteiger partial charge in [0, 0.05) is 13.1 Å². The summed E-state index contributed by atoms with van der Waals surface area (Å²) in [6, 6.07) is -0.341. The fraction of sp³-hybridized carbons (Fsp3) is 0.800. The molecule has 0 aromatic carbocycles. The third-order valence-corrected chi connectivity index (χ3v) is 4.70. The third kappa shape index (κ3) is 3.95. The minimum atomic E-state index is -3.05. The second-order valence-electron chi connectivity index (χ2n) is 4.35. The summed E-state index contributed by atoms with van der Waals surface area (Å²) < 4.78 is 27.4. The molecule has 1 amide bonds. The van der Waals surface area contributed by atoms with Crippen LogP contribution in [0.5, 0.6) is 0 Å². The van der Waals surface area contributed by atoms with Crippen molar-refractivity contribution in [2.24, 2.45) is 0 Å². The van der Waals surface area contributed by atoms with E-state index in [1.807, 2.05) is 0 Å². The molecule has 104 valence electrons. The molecule has 1 aliphatic rings. The molecule has 18 heavy (non-hydrogen) atoms. The number of aliphatic carboxylic acids is 1. The first-order valence-electron chi connectivity index (χ1n) is 5.53. The number of nitrogens with zero attached hydrogens (tertiary/aromatic N) is 1. The SMILES string of the molecule is C[C@@H](OCC(=O)N(C)C1CCS(=O)(=O)C1)C(=O)O. The quantitative estimate of drug-likeness (QED) is 0.701. The van der Waals surface area contributed by atoms with E-state index in [0.29, 0.717) is 6.42 Å². The monoisotopic (exact) mass is 279 g/mol. The lowest BCUT2D eigenvalue weighted by Gasteiger charge is -2.23. The van der Waals surface area contributed by atoms with E-state index in [9.17, 15) is 18.0 Å². The van der Waals surface area contributed by atoms with Gasteiger partial charge >= 0.3 is 5.97 Å². The van der Waals surface area contributed by atoms with Crippen LogP contribution in [0.2, 0.25) is 0 Å². The molecule has 1 rings (SSSR count). The molecule has 0 bridgehead atoms. The first-order chi connectivity index (χ1) is 8.23. The van der Waals surface area contributed by atoms with Crippen molar-refractivity contribution in [3.63, 3.8) is 0 Å². The van der Waals surface area contributed by atoms with E-state index < -0.39 is 27.8 Å². The van der Waals surface area contributed by atoms with Crippen molar-refractivity contribution in [3.8, 4) is 0 Å². The Kier molecular flexibility index (Phi) is 4.69. The lowest BCUT2D eigenvalue weighted by atomic mass is 10.2. The molecular weight excluding hydrogens is 262 g/mol. The van der Waals surface area contributed by atoms with Crippen LogP contribution in [0.15, 0.2) is 0 Å². The zero-order valence-electron chi connectivity index (χ0n) is 10.3. The van der Waals surface area contributed by atoms with Gasteiger partial charge in [0.15, 0.2) is 15.9 Å². The first-order valence-corrected chi connectivity index (χ1v) is 7.35. The Bertz CT molecular complexity index is 432. The normalized spacial score (nSPS) is 23.6. The van der Waals surface area contributed by atoms with Crippen LogP contribution in [0.3, 0.4) is 0 Å². The van der Waals surface area contributed by atoms with Gasteiger partial charge in [-0.05, 0) is 13.3 Å². The van der Waals surface area contributed by atoms with E-state index in [2.05, 4.69) is 0 Å². The van der Waals surface area contributed by atoms with Gasteiger partial charge in [-0.2, -0.15) is 0 Å². The number of likely N-dealkylation sites (N-methyl/N-ethyl adjacent to an activating group) is 1. The Hall–Kier alpha value is -1.15. The van der Waals surface area contributed by atoms with Crippen molar-refractivity contribution in [2.75, 3.05) is 25.2 Å². The summed E-state index contributed by atoms with van der Waals surface area (Å²) >= 11 is 0. The van der Waals surface area contributed by atoms with Crippen LogP contribution in [0, 0.1) is 0 Å². The number of hydrogen-bond acceptors (Lipinski definition) is 5. The van der Waals surface area contributed by atoms with Crippen molar-refractivity contribution in [3.05, 3.63) is 0 Å². The highest BCUT2D eigenvalue weighted by atomic mass is 32.2. The van der Waals surface area contributed by atoms with Gasteiger partial charge in [-0.25, -0.2) is 13.2 Å². The van der Waals surface area contributed by atoms with E-state index in [1.54, 1.807) is 0 Å². The summed E-state index contributed by atoms with van der Waals surface area (Å²) in [5.74, 6) is -1.51. The molecule has 0 aromatic rings. The number of carbonyl (C=O) groups is 2. The molecule has 0 saturated carbocycles. The average Bonchev–Trinajstić information content (AvgIpc) is 2.64. The highest BCUT2D eigenvalue weighted by Gasteiger charge is 2.32. The van der Waals surface area contributed by atoms with Crippen LogP contribution < -0.4 is 0 Å². The molecular formula is C10H17NO6S. The lowest BCUT2D eigenvalue weighted by molar-refractivity contribution is -0.153. The highest BCUT2D eigenvalue weighted by Crippen LogP contribution is 2.16. The summed E-state index contributed by atoms with van der Waals surface area (Å²) in [7, 11) is -1.54. The maximum atomic E-state index is 11.7. The molecule has 1 heterocycles. The van der Waals surface area contributed by atoms with Crippen LogP contribution in [0.25, 0.3) is 0 Å². The first kappa shape index (κ1) is 14.9. The van der Waals surface area contributed by atoms with Crippen molar-refractivity contribution in [2.45, 2.75) is 25.5 Å². The third-order valence-electron chi connectivity index (χ3n) is 2.95. The van der Waals surface area contributed by atoms with Gasteiger partial charge in [-0.15, -0.1) is 0 Å². The molecule has 1 fully saturated rings. The molecule has 0 aromatic heterocycles. The zero-order chi connectivity index (χ0) is 13.9. The number of carboxylic acid groups (broad SMARTS) is 1. The molecule has 2 atom stereocenters. The number of carboxylic acids is 1. The second kappa shape index (κ2) is 5.66. The van der Waals surface area contributed by atoms with Crippen LogP contribution in [0.1, 0.15) is 13.3 Å². The minimum absolute atomic E-state index is 0.0380. The van der Waals surface area contributed by atoms with E-state index in [0.717, 1.165) is 0 Å². The summed E-state index contributed by atoms with van der Waals surface area (Å²) in [4.78, 5) is 23.5. The van der Waals surface area contributed by atoms with Gasteiger partial charge < -0.3 is 14.7 Å². The van der Waals surface area contributed by atoms with Gasteiger partial charge in [0.2, 0.25) is 5.91 Å². The Morgan fingerprint density at radius 1 is 1.50 bits per heavy atom. The predicted octanol–water partition coefficient (Wildman–Crippen LogP) is -0.878. The molecule has 8 heteroatoms. The highest BCUT2D eigenvalue weighted by molar-refractivity contribution is 7.91. The second-order valence-corrected chi connectivity index (χ2v) is 6.58. The van der Waals surface area contributed by atoms with Gasteiger partial charge in [0.05, 0.1) is 11.5 Å². The van der Waals surface area contributed by atoms with E-state index >= 15 is 0 Å². The molecule has 1 N–H and O–H groups in total. The lowest BCUT2D eigenvalue weighted by Crippen LogP contribution is -2.40. The molecule has 7 nitrogen and oxygen atoms in total. The molecule has 0 aliphatic carbocycles. The summed E-state index contributed by atoms with van der Waals surface area (Å²) in [5, 5.41) is 8.58. The molecule has 0 spiro atoms. The van der Waals surface area contributed by atoms with Crippen molar-refractivity contribution >= 4 is 21.7 Å². The fourth-order valence-corrected chi connectivity index (χ4v) is 3.43. The van der Waals surface area contributed by atoms with Crippen molar-refractivity contribution in [1.82, 2.24) is 4.90 Å². The molecule has 0 radical (unpaired) electrons. The summed E-state index contributed by atoms with van der Waals surface area (Å²) in [6.45, 7) is 0.968. The Morgan fingerprint density at radius 2 is 2.11 bits per heavy atom. The number of sulfone groups is 1. The molecule has 1 aliphatic heterocycles. The largest absolute Gasteiger partial charge is 0.479 e. The number of hydrogen-bond donors (Lipinski definition) is 1. The molecule has 1 saturated heterocycles. The predicted molar refractivity (Wildman–Crippen MR) is 62.9 cm³/mol. The van der Waals surface area contributed by atoms with Crippen molar-refractivity contribution < 1.29 is 27.9 Å². The topological polar surface area (TPSA) is 101 Å². The maximum Gasteiger partial charge on any atom is 0.332 e. The maximum absolute atomic E-state index is 11.7. The Labute approximate surface area is 106 Å². The van der Waals surface area contributed by atoms with Crippen LogP contribution >= 0.6 is 0 Å². The van der Waals surface area contributed by atoms with E-state index in [-0.39, 0.29) is 24.2 Å². The average molecular weight is 279 g/mol. The van der Waals surface area contributed by atoms with Crippen molar-refractivity contribution in [1.29, 1.82) is 0 Å². The summed E-state index contributed by atoms with van der Waals surface area (Å²) in [6.07, 6.45) is -0.645. The van der Waals surface area contributed by atoms with Crippen LogP contribution in [0.4, 0.5) is 0 Å². The van der Waals surface area contributed by atoms with E-state index in [4.69, 9.17) is 9.84 Å². The number of carbonyl (C=O) groups excluding carboxylic acids is 1.